The second-order valence-corrected chi connectivity index (χ2v) is 4.78. The largest absolute Gasteiger partial charge is 0.497 e. The average molecular weight is 291 g/mol. The van der Waals surface area contributed by atoms with Gasteiger partial charge in [0.05, 0.1) is 7.11 Å². The lowest BCUT2D eigenvalue weighted by Crippen LogP contribution is -2.15. The zero-order valence-electron chi connectivity index (χ0n) is 11.6. The van der Waals surface area contributed by atoms with Gasteiger partial charge in [-0.15, -0.1) is 0 Å². The van der Waals surface area contributed by atoms with Gasteiger partial charge in [-0.05, 0) is 18.4 Å². The topological polar surface area (TPSA) is 76.3 Å². The third-order valence-corrected chi connectivity index (χ3v) is 3.35. The SMILES string of the molecule is COc1cccc(N(C)c2cc(NN)nc(SC)n2)c1. The van der Waals surface area contributed by atoms with E-state index in [1.165, 1.54) is 11.8 Å². The molecule has 0 aliphatic heterocycles. The lowest BCUT2D eigenvalue weighted by Gasteiger charge is -2.19. The third kappa shape index (κ3) is 3.12. The summed E-state index contributed by atoms with van der Waals surface area (Å²) in [5, 5.41) is 0.658. The highest BCUT2D eigenvalue weighted by Crippen LogP contribution is 2.27. The lowest BCUT2D eigenvalue weighted by atomic mass is 10.3. The third-order valence-electron chi connectivity index (χ3n) is 2.81. The summed E-state index contributed by atoms with van der Waals surface area (Å²) in [6.45, 7) is 0. The Hall–Kier alpha value is -1.99. The van der Waals surface area contributed by atoms with Crippen LogP contribution in [0.3, 0.4) is 0 Å². The van der Waals surface area contributed by atoms with Crippen LogP contribution in [0.5, 0.6) is 5.75 Å². The van der Waals surface area contributed by atoms with Crippen molar-refractivity contribution in [1.29, 1.82) is 0 Å². The number of benzene rings is 1. The summed E-state index contributed by atoms with van der Waals surface area (Å²) in [5.74, 6) is 7.57. The summed E-state index contributed by atoms with van der Waals surface area (Å²) < 4.78 is 5.23. The van der Waals surface area contributed by atoms with Crippen LogP contribution in [0.15, 0.2) is 35.5 Å². The molecular weight excluding hydrogens is 274 g/mol. The van der Waals surface area contributed by atoms with Gasteiger partial charge in [0.15, 0.2) is 5.16 Å². The quantitative estimate of drug-likeness (QED) is 0.379. The van der Waals surface area contributed by atoms with E-state index >= 15 is 0 Å². The molecular formula is C13H17N5OS. The summed E-state index contributed by atoms with van der Waals surface area (Å²) in [7, 11) is 3.58. The molecule has 1 heterocycles. The van der Waals surface area contributed by atoms with Crippen LogP contribution in [-0.4, -0.2) is 30.4 Å². The summed E-state index contributed by atoms with van der Waals surface area (Å²) >= 11 is 1.46. The van der Waals surface area contributed by atoms with Crippen molar-refractivity contribution < 1.29 is 4.74 Å². The molecule has 6 nitrogen and oxygen atoms in total. The zero-order chi connectivity index (χ0) is 14.5. The summed E-state index contributed by atoms with van der Waals surface area (Å²) in [6.07, 6.45) is 1.92. The van der Waals surface area contributed by atoms with E-state index in [1.54, 1.807) is 13.2 Å². The number of rotatable bonds is 5. The van der Waals surface area contributed by atoms with Gasteiger partial charge in [-0.3, -0.25) is 0 Å². The molecule has 1 aromatic carbocycles. The zero-order valence-corrected chi connectivity index (χ0v) is 12.4. The fraction of sp³-hybridized carbons (Fsp3) is 0.231. The van der Waals surface area contributed by atoms with Crippen LogP contribution in [0.25, 0.3) is 0 Å². The highest BCUT2D eigenvalue weighted by Gasteiger charge is 2.10. The van der Waals surface area contributed by atoms with Crippen molar-refractivity contribution in [2.75, 3.05) is 30.7 Å². The van der Waals surface area contributed by atoms with E-state index in [1.807, 2.05) is 42.5 Å². The number of nitrogens with one attached hydrogen (secondary N) is 1. The maximum absolute atomic E-state index is 5.44. The summed E-state index contributed by atoms with van der Waals surface area (Å²) in [6, 6.07) is 9.55. The smallest absolute Gasteiger partial charge is 0.191 e. The number of hydrogen-bond acceptors (Lipinski definition) is 7. The van der Waals surface area contributed by atoms with Crippen molar-refractivity contribution in [3.8, 4) is 5.75 Å². The van der Waals surface area contributed by atoms with Crippen LogP contribution in [-0.2, 0) is 0 Å². The summed E-state index contributed by atoms with van der Waals surface area (Å²) in [5.41, 5.74) is 3.53. The molecule has 0 unspecified atom stereocenters. The van der Waals surface area contributed by atoms with Gasteiger partial charge in [0.25, 0.3) is 0 Å². The van der Waals surface area contributed by atoms with Gasteiger partial charge in [0, 0.05) is 24.9 Å². The van der Waals surface area contributed by atoms with E-state index in [2.05, 4.69) is 15.4 Å². The van der Waals surface area contributed by atoms with Crippen molar-refractivity contribution in [2.45, 2.75) is 5.16 Å². The number of aromatic nitrogens is 2. The van der Waals surface area contributed by atoms with Crippen LogP contribution >= 0.6 is 11.8 Å². The Morgan fingerprint density at radius 2 is 2.10 bits per heavy atom. The molecule has 0 aliphatic carbocycles. The molecule has 20 heavy (non-hydrogen) atoms. The van der Waals surface area contributed by atoms with Gasteiger partial charge < -0.3 is 15.1 Å². The molecule has 0 bridgehead atoms. The molecule has 1 aromatic heterocycles. The number of thioether (sulfide) groups is 1. The minimum atomic E-state index is 0.578. The Kier molecular flexibility index (Phi) is 4.65. The second-order valence-electron chi connectivity index (χ2n) is 4.00. The average Bonchev–Trinajstić information content (AvgIpc) is 2.53. The molecule has 0 saturated heterocycles. The van der Waals surface area contributed by atoms with Crippen molar-refractivity contribution in [1.82, 2.24) is 9.97 Å². The molecule has 106 valence electrons. The summed E-state index contributed by atoms with van der Waals surface area (Å²) in [4.78, 5) is 10.7. The first kappa shape index (κ1) is 14.4. The molecule has 2 rings (SSSR count). The normalized spacial score (nSPS) is 10.2. The van der Waals surface area contributed by atoms with E-state index < -0.39 is 0 Å². The number of nitrogens with zero attached hydrogens (tertiary/aromatic N) is 3. The van der Waals surface area contributed by atoms with Gasteiger partial charge in [-0.2, -0.15) is 0 Å². The monoisotopic (exact) mass is 291 g/mol. The fourth-order valence-corrected chi connectivity index (χ4v) is 2.08. The van der Waals surface area contributed by atoms with E-state index in [4.69, 9.17) is 10.6 Å². The molecule has 2 aromatic rings. The number of nitrogens with two attached hydrogens (primary N) is 1. The van der Waals surface area contributed by atoms with Gasteiger partial charge in [-0.1, -0.05) is 17.8 Å². The number of methoxy groups -OCH3 is 1. The van der Waals surface area contributed by atoms with Crippen LogP contribution in [0.4, 0.5) is 17.3 Å². The number of nitrogen functional groups attached to an aromatic ring is 1. The molecule has 3 N–H and O–H groups in total. The first-order valence-electron chi connectivity index (χ1n) is 5.95. The number of ether oxygens (including phenoxy) is 1. The molecule has 0 fully saturated rings. The van der Waals surface area contributed by atoms with Crippen molar-refractivity contribution >= 4 is 29.1 Å². The standard InChI is InChI=1S/C13H17N5OS/c1-18(9-5-4-6-10(7-9)19-2)12-8-11(17-14)15-13(16-12)20-3/h4-8H,14H2,1-3H3,(H,15,16,17). The Labute approximate surface area is 122 Å². The van der Waals surface area contributed by atoms with Crippen LogP contribution in [0.2, 0.25) is 0 Å². The maximum Gasteiger partial charge on any atom is 0.191 e. The Balaban J connectivity index is 2.38. The van der Waals surface area contributed by atoms with Gasteiger partial charge in [0.2, 0.25) is 0 Å². The van der Waals surface area contributed by atoms with Crippen molar-refractivity contribution in [3.63, 3.8) is 0 Å². The highest BCUT2D eigenvalue weighted by atomic mass is 32.2. The molecule has 0 atom stereocenters. The Morgan fingerprint density at radius 3 is 2.75 bits per heavy atom. The Bertz CT molecular complexity index is 570. The van der Waals surface area contributed by atoms with Crippen LogP contribution in [0.1, 0.15) is 0 Å². The van der Waals surface area contributed by atoms with Crippen LogP contribution < -0.4 is 20.9 Å². The fourth-order valence-electron chi connectivity index (χ4n) is 1.70. The molecule has 0 radical (unpaired) electrons. The second kappa shape index (κ2) is 6.44. The molecule has 0 amide bonds. The molecule has 0 saturated carbocycles. The Morgan fingerprint density at radius 1 is 1.30 bits per heavy atom. The molecule has 7 heteroatoms. The minimum Gasteiger partial charge on any atom is -0.497 e. The maximum atomic E-state index is 5.44. The van der Waals surface area contributed by atoms with E-state index in [-0.39, 0.29) is 0 Å². The van der Waals surface area contributed by atoms with E-state index in [9.17, 15) is 0 Å². The number of hydrogen-bond donors (Lipinski definition) is 2. The predicted molar refractivity (Wildman–Crippen MR) is 82.7 cm³/mol. The number of hydrazine groups is 1. The van der Waals surface area contributed by atoms with E-state index in [0.29, 0.717) is 11.0 Å². The molecule has 0 aliphatic rings. The molecule has 0 spiro atoms. The van der Waals surface area contributed by atoms with E-state index in [0.717, 1.165) is 17.3 Å². The first-order valence-corrected chi connectivity index (χ1v) is 7.18. The van der Waals surface area contributed by atoms with Gasteiger partial charge >= 0.3 is 0 Å². The van der Waals surface area contributed by atoms with Gasteiger partial charge in [0.1, 0.15) is 17.4 Å². The minimum absolute atomic E-state index is 0.578. The lowest BCUT2D eigenvalue weighted by molar-refractivity contribution is 0.415. The highest BCUT2D eigenvalue weighted by molar-refractivity contribution is 7.98. The first-order chi connectivity index (χ1) is 9.67. The van der Waals surface area contributed by atoms with Crippen molar-refractivity contribution in [3.05, 3.63) is 30.3 Å². The number of anilines is 3. The van der Waals surface area contributed by atoms with Crippen molar-refractivity contribution in [2.24, 2.45) is 5.84 Å². The van der Waals surface area contributed by atoms with Crippen LogP contribution in [0, 0.1) is 0 Å². The predicted octanol–water partition coefficient (Wildman–Crippen LogP) is 2.26. The van der Waals surface area contributed by atoms with Gasteiger partial charge in [-0.25, -0.2) is 15.8 Å².